The first-order valence-electron chi connectivity index (χ1n) is 14.3. The number of hydrogen-bond donors (Lipinski definition) is 0. The summed E-state index contributed by atoms with van der Waals surface area (Å²) in [6.07, 6.45) is 8.30. The number of rotatable bonds is 6. The van der Waals surface area contributed by atoms with Gasteiger partial charge in [-0.2, -0.15) is 0 Å². The molecular formula is C29H50O6Si. The van der Waals surface area contributed by atoms with Gasteiger partial charge >= 0.3 is 5.97 Å². The summed E-state index contributed by atoms with van der Waals surface area (Å²) < 4.78 is 25.6. The second kappa shape index (κ2) is 9.76. The van der Waals surface area contributed by atoms with Crippen LogP contribution in [-0.2, 0) is 28.2 Å². The van der Waals surface area contributed by atoms with Crippen molar-refractivity contribution in [1.82, 2.24) is 0 Å². The first-order valence-corrected chi connectivity index (χ1v) is 17.2. The van der Waals surface area contributed by atoms with Crippen molar-refractivity contribution in [1.29, 1.82) is 0 Å². The van der Waals surface area contributed by atoms with Crippen LogP contribution in [0.5, 0.6) is 0 Å². The van der Waals surface area contributed by atoms with Crippen LogP contribution in [0.4, 0.5) is 0 Å². The van der Waals surface area contributed by atoms with Crippen LogP contribution in [0.15, 0.2) is 0 Å². The summed E-state index contributed by atoms with van der Waals surface area (Å²) in [5, 5.41) is 0.158. The third-order valence-corrected chi connectivity index (χ3v) is 15.8. The molecular weight excluding hydrogens is 472 g/mol. The zero-order valence-corrected chi connectivity index (χ0v) is 25.0. The summed E-state index contributed by atoms with van der Waals surface area (Å²) in [6, 6.07) is 0. The molecule has 3 saturated carbocycles. The number of hydrogen-bond acceptors (Lipinski definition) is 6. The van der Waals surface area contributed by atoms with Crippen LogP contribution in [0.2, 0.25) is 18.1 Å². The molecule has 36 heavy (non-hydrogen) atoms. The largest absolute Gasteiger partial charge is 0.462 e. The summed E-state index contributed by atoms with van der Waals surface area (Å²) in [4.78, 5) is 24.3. The monoisotopic (exact) mass is 522 g/mol. The standard InChI is InChI=1S/C29H50O6Si/c1-20(31)34-25-23(10-14-28(6)24(25)11-15-29(28)32-17-18-33-29)27(5)13-9-22(19-21(27)12-16-30)35-36(7,8)26(2,3)4/h16,21-25H,9-15,17-19H2,1-8H3/t21-,22?,23-,24-,25+,27-,28-/m0/s1. The maximum Gasteiger partial charge on any atom is 0.302 e. The Hall–Kier alpha value is -0.763. The first kappa shape index (κ1) is 28.3. The van der Waals surface area contributed by atoms with Gasteiger partial charge in [-0.05, 0) is 68.0 Å². The van der Waals surface area contributed by atoms with Gasteiger partial charge in [0.05, 0.1) is 13.2 Å². The van der Waals surface area contributed by atoms with E-state index < -0.39 is 14.1 Å². The van der Waals surface area contributed by atoms with Crippen molar-refractivity contribution >= 4 is 20.6 Å². The van der Waals surface area contributed by atoms with Crippen molar-refractivity contribution < 1.29 is 28.2 Å². The smallest absolute Gasteiger partial charge is 0.302 e. The quantitative estimate of drug-likeness (QED) is 0.232. The average Bonchev–Trinajstić information content (AvgIpc) is 3.36. The van der Waals surface area contributed by atoms with Crippen LogP contribution in [-0.4, -0.2) is 51.8 Å². The third-order valence-electron chi connectivity index (χ3n) is 11.3. The topological polar surface area (TPSA) is 71.1 Å². The summed E-state index contributed by atoms with van der Waals surface area (Å²) in [5.74, 6) is -0.115. The lowest BCUT2D eigenvalue weighted by Gasteiger charge is -2.57. The fraction of sp³-hybridized carbons (Fsp3) is 0.931. The molecule has 4 fully saturated rings. The number of esters is 1. The third kappa shape index (κ3) is 4.64. The Labute approximate surface area is 219 Å². The van der Waals surface area contributed by atoms with Crippen LogP contribution < -0.4 is 0 Å². The summed E-state index contributed by atoms with van der Waals surface area (Å²) in [5.41, 5.74) is -0.248. The molecule has 0 aromatic carbocycles. The van der Waals surface area contributed by atoms with Gasteiger partial charge in [-0.25, -0.2) is 0 Å². The lowest BCUT2D eigenvalue weighted by atomic mass is 9.51. The highest BCUT2D eigenvalue weighted by Gasteiger charge is 2.67. The van der Waals surface area contributed by atoms with Gasteiger partial charge in [-0.15, -0.1) is 0 Å². The van der Waals surface area contributed by atoms with Crippen molar-refractivity contribution in [2.75, 3.05) is 13.2 Å². The normalized spacial score (nSPS) is 40.7. The minimum atomic E-state index is -1.90. The summed E-state index contributed by atoms with van der Waals surface area (Å²) in [6.45, 7) is 18.9. The van der Waals surface area contributed by atoms with E-state index in [1.165, 1.54) is 6.92 Å². The average molecular weight is 523 g/mol. The highest BCUT2D eigenvalue weighted by molar-refractivity contribution is 6.74. The van der Waals surface area contributed by atoms with Gasteiger partial charge in [0.15, 0.2) is 14.1 Å². The van der Waals surface area contributed by atoms with Gasteiger partial charge in [0.2, 0.25) is 0 Å². The Balaban J connectivity index is 1.60. The first-order chi connectivity index (χ1) is 16.7. The Morgan fingerprint density at radius 1 is 1.03 bits per heavy atom. The predicted molar refractivity (Wildman–Crippen MR) is 142 cm³/mol. The summed E-state index contributed by atoms with van der Waals surface area (Å²) >= 11 is 0. The Bertz CT molecular complexity index is 830. The number of ether oxygens (including phenoxy) is 3. The molecule has 0 aromatic rings. The van der Waals surface area contributed by atoms with Crippen molar-refractivity contribution in [2.45, 2.75) is 129 Å². The number of carbonyl (C=O) groups excluding carboxylic acids is 2. The van der Waals surface area contributed by atoms with Crippen LogP contribution in [0, 0.1) is 28.6 Å². The zero-order chi connectivity index (χ0) is 26.6. The van der Waals surface area contributed by atoms with E-state index in [4.69, 9.17) is 18.6 Å². The van der Waals surface area contributed by atoms with Gasteiger partial charge in [0.25, 0.3) is 0 Å². The molecule has 1 unspecified atom stereocenters. The van der Waals surface area contributed by atoms with E-state index >= 15 is 0 Å². The van der Waals surface area contributed by atoms with Gasteiger partial charge < -0.3 is 23.4 Å². The fourth-order valence-electron chi connectivity index (χ4n) is 8.08. The van der Waals surface area contributed by atoms with E-state index in [-0.39, 0.29) is 51.8 Å². The molecule has 0 bridgehead atoms. The van der Waals surface area contributed by atoms with Gasteiger partial charge in [0, 0.05) is 43.1 Å². The molecule has 206 valence electrons. The van der Waals surface area contributed by atoms with Gasteiger partial charge in [-0.3, -0.25) is 4.79 Å². The molecule has 0 radical (unpaired) electrons. The maximum absolute atomic E-state index is 12.4. The van der Waals surface area contributed by atoms with Crippen molar-refractivity contribution in [2.24, 2.45) is 28.6 Å². The minimum Gasteiger partial charge on any atom is -0.462 e. The second-order valence-corrected chi connectivity index (χ2v) is 18.9. The molecule has 4 aliphatic rings. The fourth-order valence-corrected chi connectivity index (χ4v) is 9.48. The number of carbonyl (C=O) groups is 2. The van der Waals surface area contributed by atoms with Crippen LogP contribution >= 0.6 is 0 Å². The van der Waals surface area contributed by atoms with Crippen LogP contribution in [0.3, 0.4) is 0 Å². The SMILES string of the molecule is CC(=O)O[C@@H]1[C@@H]([C@@]2(C)CCC(O[Si](C)(C)C(C)(C)C)C[C@@H]2CC=O)CC[C@@]2(C)[C@H]1CCC21OCCO1. The summed E-state index contributed by atoms with van der Waals surface area (Å²) in [7, 11) is -1.90. The highest BCUT2D eigenvalue weighted by Crippen LogP contribution is 2.65. The molecule has 7 heteroatoms. The lowest BCUT2D eigenvalue weighted by Crippen LogP contribution is -2.58. The molecule has 4 rings (SSSR count). The number of aldehydes is 1. The van der Waals surface area contributed by atoms with E-state index in [0.29, 0.717) is 19.6 Å². The Morgan fingerprint density at radius 2 is 1.67 bits per heavy atom. The van der Waals surface area contributed by atoms with E-state index in [1.807, 2.05) is 0 Å². The number of fused-ring (bicyclic) bond motifs is 2. The second-order valence-electron chi connectivity index (χ2n) is 14.1. The van der Waals surface area contributed by atoms with Crippen molar-refractivity contribution in [3.8, 4) is 0 Å². The molecule has 1 aliphatic heterocycles. The maximum atomic E-state index is 12.4. The van der Waals surface area contributed by atoms with E-state index in [0.717, 1.165) is 51.2 Å². The van der Waals surface area contributed by atoms with Crippen LogP contribution in [0.1, 0.15) is 92.9 Å². The molecule has 0 amide bonds. The molecule has 0 N–H and O–H groups in total. The van der Waals surface area contributed by atoms with Crippen molar-refractivity contribution in [3.63, 3.8) is 0 Å². The van der Waals surface area contributed by atoms with Crippen LogP contribution in [0.25, 0.3) is 0 Å². The highest BCUT2D eigenvalue weighted by atomic mass is 28.4. The molecule has 0 aromatic heterocycles. The molecule has 1 saturated heterocycles. The van der Waals surface area contributed by atoms with Gasteiger partial charge in [0.1, 0.15) is 12.4 Å². The van der Waals surface area contributed by atoms with Crippen molar-refractivity contribution in [3.05, 3.63) is 0 Å². The van der Waals surface area contributed by atoms with E-state index in [1.54, 1.807) is 0 Å². The minimum absolute atomic E-state index is 0.0806. The van der Waals surface area contributed by atoms with E-state index in [9.17, 15) is 9.59 Å². The molecule has 3 aliphatic carbocycles. The van der Waals surface area contributed by atoms with Gasteiger partial charge in [-0.1, -0.05) is 34.6 Å². The Kier molecular flexibility index (Phi) is 7.66. The lowest BCUT2D eigenvalue weighted by molar-refractivity contribution is -0.252. The zero-order valence-electron chi connectivity index (χ0n) is 24.0. The molecule has 7 atom stereocenters. The van der Waals surface area contributed by atoms with E-state index in [2.05, 4.69) is 47.7 Å². The Morgan fingerprint density at radius 3 is 2.25 bits per heavy atom. The molecule has 6 nitrogen and oxygen atoms in total. The molecule has 1 heterocycles. The molecule has 1 spiro atoms. The predicted octanol–water partition coefficient (Wildman–Crippen LogP) is 6.27.